The highest BCUT2D eigenvalue weighted by Gasteiger charge is 2.17. The Morgan fingerprint density at radius 3 is 2.29 bits per heavy atom. The first-order valence-electron chi connectivity index (χ1n) is 12.9. The molecule has 2 N–H and O–H groups in total. The molecule has 9 heteroatoms. The standard InChI is InChI=1S/C32H30N4O5/c1-20(21-7-5-8-24(17-21)38-2)35-32(37)25-9-6-15-34-31(25)36-22-10-12-23(13-11-22)41-28-14-16-33-27-19-30(40-4)29(39-3)18-26(27)28/h5-20H,1-4H3,(H,34,36)(H,35,37). The van der Waals surface area contributed by atoms with Gasteiger partial charge in [0.2, 0.25) is 0 Å². The molecule has 0 spiro atoms. The third kappa shape index (κ3) is 6.14. The summed E-state index contributed by atoms with van der Waals surface area (Å²) in [6.45, 7) is 1.92. The van der Waals surface area contributed by atoms with Gasteiger partial charge in [0.1, 0.15) is 23.1 Å². The SMILES string of the molecule is COc1cccc(C(C)NC(=O)c2cccnc2Nc2ccc(Oc3ccnc4cc(OC)c(OC)cc34)cc2)c1. The predicted molar refractivity (Wildman–Crippen MR) is 158 cm³/mol. The van der Waals surface area contributed by atoms with Crippen LogP contribution in [0.25, 0.3) is 10.9 Å². The van der Waals surface area contributed by atoms with Gasteiger partial charge in [0, 0.05) is 29.5 Å². The van der Waals surface area contributed by atoms with Gasteiger partial charge in [0.25, 0.3) is 5.91 Å². The van der Waals surface area contributed by atoms with E-state index in [2.05, 4.69) is 20.6 Å². The maximum atomic E-state index is 13.2. The maximum Gasteiger partial charge on any atom is 0.255 e. The molecule has 2 heterocycles. The van der Waals surface area contributed by atoms with Crippen LogP contribution in [0.15, 0.2) is 91.3 Å². The number of ether oxygens (including phenoxy) is 4. The Kier molecular flexibility index (Phi) is 8.15. The monoisotopic (exact) mass is 550 g/mol. The van der Waals surface area contributed by atoms with Crippen LogP contribution >= 0.6 is 0 Å². The summed E-state index contributed by atoms with van der Waals surface area (Å²) in [7, 11) is 4.79. The van der Waals surface area contributed by atoms with E-state index in [9.17, 15) is 4.79 Å². The predicted octanol–water partition coefficient (Wildman–Crippen LogP) is 6.68. The lowest BCUT2D eigenvalue weighted by Gasteiger charge is -2.17. The lowest BCUT2D eigenvalue weighted by atomic mass is 10.1. The molecule has 2 aromatic heterocycles. The normalized spacial score (nSPS) is 11.4. The van der Waals surface area contributed by atoms with Gasteiger partial charge in [-0.3, -0.25) is 9.78 Å². The Bertz CT molecular complexity index is 1670. The smallest absolute Gasteiger partial charge is 0.255 e. The van der Waals surface area contributed by atoms with Crippen LogP contribution in [0, 0.1) is 0 Å². The molecule has 0 aliphatic heterocycles. The van der Waals surface area contributed by atoms with Gasteiger partial charge < -0.3 is 29.6 Å². The summed E-state index contributed by atoms with van der Waals surface area (Å²) in [4.78, 5) is 22.0. The highest BCUT2D eigenvalue weighted by atomic mass is 16.5. The Morgan fingerprint density at radius 1 is 0.756 bits per heavy atom. The van der Waals surface area contributed by atoms with E-state index in [4.69, 9.17) is 18.9 Å². The second kappa shape index (κ2) is 12.3. The highest BCUT2D eigenvalue weighted by molar-refractivity contribution is 5.99. The van der Waals surface area contributed by atoms with Crippen LogP contribution in [0.2, 0.25) is 0 Å². The summed E-state index contributed by atoms with van der Waals surface area (Å²) in [6, 6.07) is 23.7. The molecule has 0 saturated heterocycles. The number of hydrogen-bond acceptors (Lipinski definition) is 8. The lowest BCUT2D eigenvalue weighted by Crippen LogP contribution is -2.27. The molecule has 0 saturated carbocycles. The summed E-state index contributed by atoms with van der Waals surface area (Å²) in [5, 5.41) is 7.08. The number of fused-ring (bicyclic) bond motifs is 1. The van der Waals surface area contributed by atoms with Crippen molar-refractivity contribution in [3.05, 3.63) is 102 Å². The van der Waals surface area contributed by atoms with Crippen molar-refractivity contribution in [3.63, 3.8) is 0 Å². The van der Waals surface area contributed by atoms with Crippen molar-refractivity contribution in [2.75, 3.05) is 26.6 Å². The number of hydrogen-bond donors (Lipinski definition) is 2. The minimum Gasteiger partial charge on any atom is -0.497 e. The average Bonchev–Trinajstić information content (AvgIpc) is 3.01. The van der Waals surface area contributed by atoms with Gasteiger partial charge >= 0.3 is 0 Å². The summed E-state index contributed by atoms with van der Waals surface area (Å²) in [5.41, 5.74) is 2.83. The molecule has 5 aromatic rings. The van der Waals surface area contributed by atoms with Gasteiger partial charge in [-0.1, -0.05) is 12.1 Å². The zero-order valence-electron chi connectivity index (χ0n) is 23.2. The molecule has 0 aliphatic carbocycles. The summed E-state index contributed by atoms with van der Waals surface area (Å²) >= 11 is 0. The number of aromatic nitrogens is 2. The van der Waals surface area contributed by atoms with Gasteiger partial charge in [0.15, 0.2) is 11.5 Å². The fourth-order valence-corrected chi connectivity index (χ4v) is 4.36. The van der Waals surface area contributed by atoms with E-state index in [0.717, 1.165) is 27.9 Å². The zero-order chi connectivity index (χ0) is 28.8. The Morgan fingerprint density at radius 2 is 1.54 bits per heavy atom. The summed E-state index contributed by atoms with van der Waals surface area (Å²) in [5.74, 6) is 3.37. The molecule has 5 rings (SSSR count). The molecular weight excluding hydrogens is 520 g/mol. The van der Waals surface area contributed by atoms with Crippen LogP contribution in [-0.2, 0) is 0 Å². The number of amides is 1. The second-order valence-electron chi connectivity index (χ2n) is 9.16. The van der Waals surface area contributed by atoms with E-state index >= 15 is 0 Å². The van der Waals surface area contributed by atoms with Crippen molar-refractivity contribution >= 4 is 28.3 Å². The lowest BCUT2D eigenvalue weighted by molar-refractivity contribution is 0.0940. The van der Waals surface area contributed by atoms with Crippen molar-refractivity contribution in [1.82, 2.24) is 15.3 Å². The van der Waals surface area contributed by atoms with Crippen LogP contribution in [0.4, 0.5) is 11.5 Å². The number of rotatable bonds is 10. The van der Waals surface area contributed by atoms with Crippen LogP contribution < -0.4 is 29.6 Å². The van der Waals surface area contributed by atoms with Crippen LogP contribution in [0.3, 0.4) is 0 Å². The average molecular weight is 551 g/mol. The topological polar surface area (TPSA) is 104 Å². The van der Waals surface area contributed by atoms with E-state index in [-0.39, 0.29) is 11.9 Å². The number of nitrogens with one attached hydrogen (secondary N) is 2. The van der Waals surface area contributed by atoms with Crippen molar-refractivity contribution in [1.29, 1.82) is 0 Å². The number of benzene rings is 3. The first-order valence-corrected chi connectivity index (χ1v) is 12.9. The maximum absolute atomic E-state index is 13.2. The van der Waals surface area contributed by atoms with E-state index < -0.39 is 0 Å². The number of pyridine rings is 2. The van der Waals surface area contributed by atoms with Gasteiger partial charge in [-0.25, -0.2) is 4.98 Å². The molecule has 0 fully saturated rings. The number of carbonyl (C=O) groups excluding carboxylic acids is 1. The van der Waals surface area contributed by atoms with Gasteiger partial charge in [0.05, 0.1) is 38.5 Å². The van der Waals surface area contributed by atoms with Crippen LogP contribution in [0.5, 0.6) is 28.7 Å². The minimum absolute atomic E-state index is 0.229. The molecule has 1 atom stereocenters. The second-order valence-corrected chi connectivity index (χ2v) is 9.16. The molecule has 3 aromatic carbocycles. The fraction of sp³-hybridized carbons (Fsp3) is 0.156. The van der Waals surface area contributed by atoms with Gasteiger partial charge in [-0.2, -0.15) is 0 Å². The van der Waals surface area contributed by atoms with Crippen LogP contribution in [-0.4, -0.2) is 37.2 Å². The van der Waals surface area contributed by atoms with Crippen molar-refractivity contribution < 1.29 is 23.7 Å². The van der Waals surface area contributed by atoms with Crippen molar-refractivity contribution in [3.8, 4) is 28.7 Å². The summed E-state index contributed by atoms with van der Waals surface area (Å²) in [6.07, 6.45) is 3.32. The van der Waals surface area contributed by atoms with E-state index in [1.54, 1.807) is 51.9 Å². The molecule has 41 heavy (non-hydrogen) atoms. The Balaban J connectivity index is 1.30. The first-order chi connectivity index (χ1) is 20.0. The Hall–Kier alpha value is -5.31. The van der Waals surface area contributed by atoms with E-state index in [0.29, 0.717) is 34.4 Å². The molecule has 0 radical (unpaired) electrons. The first kappa shape index (κ1) is 27.3. The fourth-order valence-electron chi connectivity index (χ4n) is 4.36. The van der Waals surface area contributed by atoms with Crippen LogP contribution in [0.1, 0.15) is 28.9 Å². The highest BCUT2D eigenvalue weighted by Crippen LogP contribution is 2.37. The summed E-state index contributed by atoms with van der Waals surface area (Å²) < 4.78 is 22.3. The van der Waals surface area contributed by atoms with Gasteiger partial charge in [-0.05, 0) is 73.2 Å². The molecule has 1 unspecified atom stereocenters. The third-order valence-corrected chi connectivity index (χ3v) is 6.55. The molecule has 0 aliphatic rings. The minimum atomic E-state index is -0.243. The molecule has 208 valence electrons. The molecule has 0 bridgehead atoms. The molecule has 1 amide bonds. The van der Waals surface area contributed by atoms with Gasteiger partial charge in [-0.15, -0.1) is 0 Å². The number of nitrogens with zero attached hydrogens (tertiary/aromatic N) is 2. The number of methoxy groups -OCH3 is 3. The number of anilines is 2. The van der Waals surface area contributed by atoms with E-state index in [1.165, 1.54) is 0 Å². The third-order valence-electron chi connectivity index (χ3n) is 6.55. The quantitative estimate of drug-likeness (QED) is 0.198. The van der Waals surface area contributed by atoms with E-state index in [1.807, 2.05) is 67.6 Å². The van der Waals surface area contributed by atoms with Crippen molar-refractivity contribution in [2.24, 2.45) is 0 Å². The Labute approximate surface area is 238 Å². The molecule has 9 nitrogen and oxygen atoms in total. The number of carbonyl (C=O) groups is 1. The zero-order valence-corrected chi connectivity index (χ0v) is 23.2. The largest absolute Gasteiger partial charge is 0.497 e. The molecular formula is C32H30N4O5. The van der Waals surface area contributed by atoms with Crippen molar-refractivity contribution in [2.45, 2.75) is 13.0 Å².